The number of para-hydroxylation sites is 1. The smallest absolute Gasteiger partial charge is 0.187 e. The number of hydrogen-bond donors (Lipinski definition) is 0. The van der Waals surface area contributed by atoms with E-state index in [-0.39, 0.29) is 5.56 Å². The zero-order chi connectivity index (χ0) is 15.4. The number of Topliss-reactive ketones (excluding diaryl/α,β-unsaturated/α-hetero) is 1. The van der Waals surface area contributed by atoms with Crippen LogP contribution in [0.3, 0.4) is 0 Å². The molecular weight excluding hydrogens is 269 g/mol. The third-order valence-electron chi connectivity index (χ3n) is 3.23. The molecule has 0 spiro atoms. The minimum Gasteiger partial charge on any atom is -0.496 e. The Labute approximate surface area is 122 Å². The number of nitriles is 1. The summed E-state index contributed by atoms with van der Waals surface area (Å²) in [5.74, 6) is -1.85. The second-order valence-electron chi connectivity index (χ2n) is 4.65. The molecule has 2 aromatic rings. The van der Waals surface area contributed by atoms with Crippen LogP contribution in [0.1, 0.15) is 27.4 Å². The highest BCUT2D eigenvalue weighted by atomic mass is 19.1. The molecule has 0 fully saturated rings. The Balaban J connectivity index is 2.46. The molecule has 0 heterocycles. The summed E-state index contributed by atoms with van der Waals surface area (Å²) in [6.07, 6.45) is 0. The summed E-state index contributed by atoms with van der Waals surface area (Å²) in [5, 5.41) is 9.33. The summed E-state index contributed by atoms with van der Waals surface area (Å²) >= 11 is 0. The molecule has 4 heteroatoms. The molecule has 1 atom stereocenters. The van der Waals surface area contributed by atoms with Crippen LogP contribution >= 0.6 is 0 Å². The van der Waals surface area contributed by atoms with Gasteiger partial charge in [0.05, 0.1) is 18.7 Å². The Morgan fingerprint density at radius 1 is 1.29 bits per heavy atom. The van der Waals surface area contributed by atoms with Gasteiger partial charge in [0.2, 0.25) is 0 Å². The Hall–Kier alpha value is -2.67. The first-order valence-corrected chi connectivity index (χ1v) is 6.41. The number of carbonyl (C=O) groups excluding carboxylic acids is 1. The number of aryl methyl sites for hydroxylation is 1. The molecule has 0 saturated carbocycles. The van der Waals surface area contributed by atoms with Crippen LogP contribution in [0.5, 0.6) is 5.75 Å². The molecule has 0 aliphatic heterocycles. The van der Waals surface area contributed by atoms with Crippen molar-refractivity contribution in [2.45, 2.75) is 12.8 Å². The molecule has 1 unspecified atom stereocenters. The summed E-state index contributed by atoms with van der Waals surface area (Å²) < 4.78 is 19.1. The van der Waals surface area contributed by atoms with Crippen molar-refractivity contribution in [3.8, 4) is 11.8 Å². The van der Waals surface area contributed by atoms with Gasteiger partial charge in [0.15, 0.2) is 5.78 Å². The van der Waals surface area contributed by atoms with E-state index in [0.29, 0.717) is 11.3 Å². The standard InChI is InChI=1S/C17H14FNO2/c1-11-7-8-13(15(18)9-11)17(20)14(10-19)12-5-3-4-6-16(12)21-2/h3-9,14H,1-2H3. The predicted octanol–water partition coefficient (Wildman–Crippen LogP) is 3.63. The topological polar surface area (TPSA) is 50.1 Å². The van der Waals surface area contributed by atoms with E-state index < -0.39 is 17.5 Å². The normalized spacial score (nSPS) is 11.5. The molecule has 106 valence electrons. The maximum absolute atomic E-state index is 13.9. The number of halogens is 1. The lowest BCUT2D eigenvalue weighted by Gasteiger charge is -2.13. The van der Waals surface area contributed by atoms with Gasteiger partial charge in [-0.2, -0.15) is 5.26 Å². The van der Waals surface area contributed by atoms with Gasteiger partial charge in [-0.05, 0) is 30.7 Å². The number of benzene rings is 2. The molecule has 0 N–H and O–H groups in total. The van der Waals surface area contributed by atoms with Crippen molar-refractivity contribution in [3.63, 3.8) is 0 Å². The largest absolute Gasteiger partial charge is 0.496 e. The van der Waals surface area contributed by atoms with E-state index in [1.807, 2.05) is 6.07 Å². The third kappa shape index (κ3) is 2.92. The van der Waals surface area contributed by atoms with Crippen molar-refractivity contribution in [2.75, 3.05) is 7.11 Å². The van der Waals surface area contributed by atoms with E-state index in [9.17, 15) is 14.4 Å². The van der Waals surface area contributed by atoms with Crippen LogP contribution in [0.25, 0.3) is 0 Å². The van der Waals surface area contributed by atoms with Gasteiger partial charge in [0.25, 0.3) is 0 Å². The van der Waals surface area contributed by atoms with E-state index in [2.05, 4.69) is 0 Å². The first-order valence-electron chi connectivity index (χ1n) is 6.41. The highest BCUT2D eigenvalue weighted by molar-refractivity contribution is 6.03. The molecule has 0 amide bonds. The SMILES string of the molecule is COc1ccccc1C(C#N)C(=O)c1ccc(C)cc1F. The van der Waals surface area contributed by atoms with Gasteiger partial charge >= 0.3 is 0 Å². The quantitative estimate of drug-likeness (QED) is 0.805. The number of hydrogen-bond acceptors (Lipinski definition) is 3. The first-order chi connectivity index (χ1) is 10.1. The molecule has 0 saturated heterocycles. The lowest BCUT2D eigenvalue weighted by atomic mass is 9.90. The van der Waals surface area contributed by atoms with E-state index in [1.165, 1.54) is 19.2 Å². The van der Waals surface area contributed by atoms with Gasteiger partial charge in [-0.15, -0.1) is 0 Å². The molecule has 2 aromatic carbocycles. The van der Waals surface area contributed by atoms with Gasteiger partial charge in [0, 0.05) is 5.56 Å². The molecule has 0 bridgehead atoms. The van der Waals surface area contributed by atoms with Crippen molar-refractivity contribution in [3.05, 3.63) is 65.0 Å². The Morgan fingerprint density at radius 3 is 2.62 bits per heavy atom. The summed E-state index contributed by atoms with van der Waals surface area (Å²) in [6.45, 7) is 1.74. The van der Waals surface area contributed by atoms with Crippen molar-refractivity contribution in [1.29, 1.82) is 5.26 Å². The van der Waals surface area contributed by atoms with Crippen LogP contribution in [0.15, 0.2) is 42.5 Å². The second kappa shape index (κ2) is 6.19. The average Bonchev–Trinajstić information content (AvgIpc) is 2.48. The third-order valence-corrected chi connectivity index (χ3v) is 3.23. The van der Waals surface area contributed by atoms with Gasteiger partial charge in [-0.25, -0.2) is 4.39 Å². The molecule has 0 radical (unpaired) electrons. The molecule has 0 aromatic heterocycles. The van der Waals surface area contributed by atoms with E-state index in [4.69, 9.17) is 4.74 Å². The average molecular weight is 283 g/mol. The molecule has 3 nitrogen and oxygen atoms in total. The molecule has 2 rings (SSSR count). The molecular formula is C17H14FNO2. The van der Waals surface area contributed by atoms with Gasteiger partial charge < -0.3 is 4.74 Å². The van der Waals surface area contributed by atoms with Crippen LogP contribution < -0.4 is 4.74 Å². The fraction of sp³-hybridized carbons (Fsp3) is 0.176. The highest BCUT2D eigenvalue weighted by Gasteiger charge is 2.26. The zero-order valence-electron chi connectivity index (χ0n) is 11.8. The summed E-state index contributed by atoms with van der Waals surface area (Å²) in [6, 6.07) is 13.0. The maximum atomic E-state index is 13.9. The number of rotatable bonds is 4. The fourth-order valence-electron chi connectivity index (χ4n) is 2.15. The van der Waals surface area contributed by atoms with Crippen LogP contribution in [-0.4, -0.2) is 12.9 Å². The number of carbonyl (C=O) groups is 1. The fourth-order valence-corrected chi connectivity index (χ4v) is 2.15. The highest BCUT2D eigenvalue weighted by Crippen LogP contribution is 2.29. The van der Waals surface area contributed by atoms with Gasteiger partial charge in [-0.3, -0.25) is 4.79 Å². The molecule has 0 aliphatic carbocycles. The van der Waals surface area contributed by atoms with Crippen molar-refractivity contribution < 1.29 is 13.9 Å². The van der Waals surface area contributed by atoms with Gasteiger partial charge in [-0.1, -0.05) is 24.3 Å². The van der Waals surface area contributed by atoms with Crippen molar-refractivity contribution in [1.82, 2.24) is 0 Å². The van der Waals surface area contributed by atoms with E-state index >= 15 is 0 Å². The Bertz CT molecular complexity index is 719. The Morgan fingerprint density at radius 2 is 2.00 bits per heavy atom. The zero-order valence-corrected chi connectivity index (χ0v) is 11.8. The van der Waals surface area contributed by atoms with Crippen LogP contribution in [0.4, 0.5) is 4.39 Å². The van der Waals surface area contributed by atoms with Crippen molar-refractivity contribution >= 4 is 5.78 Å². The van der Waals surface area contributed by atoms with E-state index in [1.54, 1.807) is 37.3 Å². The monoisotopic (exact) mass is 283 g/mol. The number of ether oxygens (including phenoxy) is 1. The predicted molar refractivity (Wildman–Crippen MR) is 76.8 cm³/mol. The van der Waals surface area contributed by atoms with Crippen LogP contribution in [-0.2, 0) is 0 Å². The minimum absolute atomic E-state index is 0.0851. The van der Waals surface area contributed by atoms with Gasteiger partial charge in [0.1, 0.15) is 17.5 Å². The minimum atomic E-state index is -1.10. The van der Waals surface area contributed by atoms with E-state index in [0.717, 1.165) is 5.56 Å². The summed E-state index contributed by atoms with van der Waals surface area (Å²) in [7, 11) is 1.46. The first kappa shape index (κ1) is 14.7. The number of methoxy groups -OCH3 is 1. The van der Waals surface area contributed by atoms with Crippen molar-refractivity contribution in [2.24, 2.45) is 0 Å². The maximum Gasteiger partial charge on any atom is 0.187 e. The molecule has 21 heavy (non-hydrogen) atoms. The number of ketones is 1. The van der Waals surface area contributed by atoms with Crippen LogP contribution in [0.2, 0.25) is 0 Å². The summed E-state index contributed by atoms with van der Waals surface area (Å²) in [4.78, 5) is 12.5. The lowest BCUT2D eigenvalue weighted by Crippen LogP contribution is -2.14. The van der Waals surface area contributed by atoms with Crippen LogP contribution in [0, 0.1) is 24.1 Å². The lowest BCUT2D eigenvalue weighted by molar-refractivity contribution is 0.0974. The summed E-state index contributed by atoms with van der Waals surface area (Å²) in [5.41, 5.74) is 1.07. The Kier molecular flexibility index (Phi) is 4.34. The number of nitrogens with zero attached hydrogens (tertiary/aromatic N) is 1. The second-order valence-corrected chi connectivity index (χ2v) is 4.65. The molecule has 0 aliphatic rings.